The van der Waals surface area contributed by atoms with Gasteiger partial charge in [0.25, 0.3) is 5.91 Å². The Morgan fingerprint density at radius 3 is 2.43 bits per heavy atom. The summed E-state index contributed by atoms with van der Waals surface area (Å²) in [5.41, 5.74) is 1.50. The molecule has 0 saturated heterocycles. The van der Waals surface area contributed by atoms with E-state index in [4.69, 9.17) is 9.73 Å². The lowest BCUT2D eigenvalue weighted by Gasteiger charge is -2.23. The zero-order chi connectivity index (χ0) is 25.1. The molecule has 1 aliphatic carbocycles. The van der Waals surface area contributed by atoms with Gasteiger partial charge in [0.2, 0.25) is 0 Å². The van der Waals surface area contributed by atoms with E-state index in [-0.39, 0.29) is 5.91 Å². The summed E-state index contributed by atoms with van der Waals surface area (Å²) >= 11 is 0. The molecule has 0 atom stereocenters. The SMILES string of the molecule is CCCCC1=NC2(CCCC2)C(=O)N1Cc1ccc(Cc2cccc(OC(C)(C)C(=O)O)c2)cc1. The van der Waals surface area contributed by atoms with Crippen LogP contribution in [0.5, 0.6) is 5.75 Å². The third-order valence-electron chi connectivity index (χ3n) is 7.04. The highest BCUT2D eigenvalue weighted by Gasteiger charge is 2.49. The molecule has 0 bridgehead atoms. The van der Waals surface area contributed by atoms with E-state index in [1.165, 1.54) is 0 Å². The minimum atomic E-state index is -1.29. The zero-order valence-corrected chi connectivity index (χ0v) is 21.0. The Balaban J connectivity index is 1.43. The molecule has 0 unspecified atom stereocenters. The number of aliphatic imine (C=N–C) groups is 1. The van der Waals surface area contributed by atoms with Crippen molar-refractivity contribution < 1.29 is 19.4 Å². The molecule has 4 rings (SSSR count). The largest absolute Gasteiger partial charge is 0.478 e. The van der Waals surface area contributed by atoms with Gasteiger partial charge in [0.15, 0.2) is 5.60 Å². The number of benzene rings is 2. The Labute approximate surface area is 208 Å². The van der Waals surface area contributed by atoms with E-state index in [1.54, 1.807) is 19.9 Å². The van der Waals surface area contributed by atoms with Crippen LogP contribution in [0.3, 0.4) is 0 Å². The molecule has 35 heavy (non-hydrogen) atoms. The summed E-state index contributed by atoms with van der Waals surface area (Å²) in [6.45, 7) is 5.81. The van der Waals surface area contributed by atoms with Gasteiger partial charge in [0.05, 0.1) is 6.54 Å². The molecule has 0 aromatic heterocycles. The number of rotatable bonds is 10. The maximum atomic E-state index is 13.4. The van der Waals surface area contributed by atoms with Crippen LogP contribution < -0.4 is 4.74 Å². The predicted octanol–water partition coefficient (Wildman–Crippen LogP) is 5.76. The van der Waals surface area contributed by atoms with E-state index in [2.05, 4.69) is 31.2 Å². The van der Waals surface area contributed by atoms with Crippen LogP contribution in [0.1, 0.15) is 82.4 Å². The van der Waals surface area contributed by atoms with Crippen LogP contribution in [-0.2, 0) is 22.6 Å². The monoisotopic (exact) mass is 476 g/mol. The van der Waals surface area contributed by atoms with Gasteiger partial charge in [0, 0.05) is 6.42 Å². The van der Waals surface area contributed by atoms with Gasteiger partial charge in [0.1, 0.15) is 17.1 Å². The molecule has 1 spiro atoms. The van der Waals surface area contributed by atoms with Gasteiger partial charge in [-0.15, -0.1) is 0 Å². The predicted molar refractivity (Wildman–Crippen MR) is 137 cm³/mol. The standard InChI is InChI=1S/C29H36N2O4/c1-4-5-11-25-30-29(16-6-7-17-29)26(32)31(25)20-22-14-12-21(13-15-22)18-23-9-8-10-24(19-23)35-28(2,3)27(33)34/h8-10,12-15,19H,4-7,11,16-18,20H2,1-3H3,(H,33,34). The minimum Gasteiger partial charge on any atom is -0.478 e. The molecule has 6 heteroatoms. The summed E-state index contributed by atoms with van der Waals surface area (Å²) < 4.78 is 5.67. The van der Waals surface area contributed by atoms with Crippen molar-refractivity contribution in [2.45, 2.75) is 89.8 Å². The number of carboxylic acids is 1. The van der Waals surface area contributed by atoms with Crippen LogP contribution in [0.4, 0.5) is 0 Å². The van der Waals surface area contributed by atoms with Crippen molar-refractivity contribution in [1.82, 2.24) is 4.90 Å². The number of carbonyl (C=O) groups is 2. The van der Waals surface area contributed by atoms with Gasteiger partial charge in [-0.25, -0.2) is 4.79 Å². The average Bonchev–Trinajstić information content (AvgIpc) is 3.39. The highest BCUT2D eigenvalue weighted by atomic mass is 16.5. The van der Waals surface area contributed by atoms with E-state index in [9.17, 15) is 14.7 Å². The summed E-state index contributed by atoms with van der Waals surface area (Å²) in [5, 5.41) is 9.31. The summed E-state index contributed by atoms with van der Waals surface area (Å²) in [7, 11) is 0. The van der Waals surface area contributed by atoms with E-state index in [0.29, 0.717) is 18.7 Å². The number of aliphatic carboxylic acids is 1. The second-order valence-electron chi connectivity index (χ2n) is 10.3. The minimum absolute atomic E-state index is 0.186. The number of amidine groups is 1. The number of unbranched alkanes of at least 4 members (excludes halogenated alkanes) is 1. The smallest absolute Gasteiger partial charge is 0.347 e. The van der Waals surface area contributed by atoms with E-state index < -0.39 is 17.1 Å². The van der Waals surface area contributed by atoms with Gasteiger partial charge in [-0.3, -0.25) is 14.7 Å². The number of hydrogen-bond donors (Lipinski definition) is 1. The third kappa shape index (κ3) is 5.58. The van der Waals surface area contributed by atoms with Crippen LogP contribution in [0.15, 0.2) is 53.5 Å². The van der Waals surface area contributed by atoms with Gasteiger partial charge in [-0.1, -0.05) is 62.6 Å². The number of ether oxygens (including phenoxy) is 1. The summed E-state index contributed by atoms with van der Waals surface area (Å²) in [6.07, 6.45) is 7.62. The molecule has 1 amide bonds. The van der Waals surface area contributed by atoms with E-state index >= 15 is 0 Å². The highest BCUT2D eigenvalue weighted by molar-refractivity contribution is 6.08. The lowest BCUT2D eigenvalue weighted by atomic mass is 9.98. The molecule has 1 saturated carbocycles. The van der Waals surface area contributed by atoms with Gasteiger partial charge in [-0.05, 0) is 68.4 Å². The lowest BCUT2D eigenvalue weighted by molar-refractivity contribution is -0.152. The van der Waals surface area contributed by atoms with Gasteiger partial charge >= 0.3 is 5.97 Å². The van der Waals surface area contributed by atoms with E-state index in [1.807, 2.05) is 23.1 Å². The van der Waals surface area contributed by atoms with Crippen LogP contribution in [0.25, 0.3) is 0 Å². The molecular formula is C29H36N2O4. The Morgan fingerprint density at radius 1 is 1.09 bits per heavy atom. The van der Waals surface area contributed by atoms with E-state index in [0.717, 1.165) is 67.5 Å². The summed E-state index contributed by atoms with van der Waals surface area (Å²) in [4.78, 5) is 31.6. The zero-order valence-electron chi connectivity index (χ0n) is 21.0. The second-order valence-corrected chi connectivity index (χ2v) is 10.3. The Hall–Kier alpha value is -3.15. The third-order valence-corrected chi connectivity index (χ3v) is 7.04. The van der Waals surface area contributed by atoms with Gasteiger partial charge in [-0.2, -0.15) is 0 Å². The van der Waals surface area contributed by atoms with Crippen molar-refractivity contribution in [1.29, 1.82) is 0 Å². The molecule has 2 aromatic rings. The normalized spacial score (nSPS) is 17.2. The first-order chi connectivity index (χ1) is 16.7. The first-order valence-electron chi connectivity index (χ1n) is 12.7. The van der Waals surface area contributed by atoms with Crippen LogP contribution in [0.2, 0.25) is 0 Å². The number of nitrogens with zero attached hydrogens (tertiary/aromatic N) is 2. The molecule has 1 aliphatic heterocycles. The fraction of sp³-hybridized carbons (Fsp3) is 0.483. The first-order valence-corrected chi connectivity index (χ1v) is 12.7. The Morgan fingerprint density at radius 2 is 1.77 bits per heavy atom. The molecule has 2 aromatic carbocycles. The number of hydrogen-bond acceptors (Lipinski definition) is 4. The maximum absolute atomic E-state index is 13.4. The molecule has 186 valence electrons. The van der Waals surface area contributed by atoms with Crippen LogP contribution in [-0.4, -0.2) is 38.9 Å². The number of carboxylic acid groups (broad SMARTS) is 1. The van der Waals surface area contributed by atoms with Crippen molar-refractivity contribution in [2.24, 2.45) is 4.99 Å². The van der Waals surface area contributed by atoms with Crippen LogP contribution in [0, 0.1) is 0 Å². The van der Waals surface area contributed by atoms with Crippen molar-refractivity contribution in [3.05, 3.63) is 65.2 Å². The molecule has 1 fully saturated rings. The maximum Gasteiger partial charge on any atom is 0.347 e. The van der Waals surface area contributed by atoms with Crippen LogP contribution >= 0.6 is 0 Å². The molecule has 6 nitrogen and oxygen atoms in total. The molecular weight excluding hydrogens is 440 g/mol. The van der Waals surface area contributed by atoms with Crippen molar-refractivity contribution >= 4 is 17.7 Å². The molecule has 1 heterocycles. The Kier molecular flexibility index (Phi) is 7.29. The number of amides is 1. The highest BCUT2D eigenvalue weighted by Crippen LogP contribution is 2.40. The summed E-state index contributed by atoms with van der Waals surface area (Å²) in [5.74, 6) is 0.686. The quantitative estimate of drug-likeness (QED) is 0.473. The number of carbonyl (C=O) groups excluding carboxylic acids is 1. The average molecular weight is 477 g/mol. The topological polar surface area (TPSA) is 79.2 Å². The fourth-order valence-electron chi connectivity index (χ4n) is 4.94. The van der Waals surface area contributed by atoms with Crippen molar-refractivity contribution in [3.63, 3.8) is 0 Å². The molecule has 2 aliphatic rings. The first kappa shape index (κ1) is 25.0. The second kappa shape index (κ2) is 10.2. The van der Waals surface area contributed by atoms with Crippen molar-refractivity contribution in [3.8, 4) is 5.75 Å². The van der Waals surface area contributed by atoms with Crippen molar-refractivity contribution in [2.75, 3.05) is 0 Å². The lowest BCUT2D eigenvalue weighted by Crippen LogP contribution is -2.40. The summed E-state index contributed by atoms with van der Waals surface area (Å²) in [6, 6.07) is 15.9. The Bertz CT molecular complexity index is 1100. The fourth-order valence-corrected chi connectivity index (χ4v) is 4.94. The molecule has 0 radical (unpaired) electrons. The molecule has 1 N–H and O–H groups in total. The van der Waals surface area contributed by atoms with Gasteiger partial charge < -0.3 is 9.84 Å².